The molecule has 0 bridgehead atoms. The number of nitrogens with zero attached hydrogens (tertiary/aromatic N) is 1. The molecule has 3 nitrogen and oxygen atoms in total. The van der Waals surface area contributed by atoms with Crippen LogP contribution in [-0.4, -0.2) is 5.91 Å². The van der Waals surface area contributed by atoms with Crippen LogP contribution in [0.4, 0.5) is 10.1 Å². The Morgan fingerprint density at radius 2 is 1.89 bits per heavy atom. The van der Waals surface area contributed by atoms with Gasteiger partial charge in [-0.25, -0.2) is 4.39 Å². The van der Waals surface area contributed by atoms with Gasteiger partial charge in [-0.3, -0.25) is 4.79 Å². The number of hydrogen-bond donors (Lipinski definition) is 1. The Kier molecular flexibility index (Phi) is 3.93. The molecule has 94 valence electrons. The monoisotopic (exact) mass is 318 g/mol. The third-order valence-corrected chi connectivity index (χ3v) is 3.10. The fourth-order valence-corrected chi connectivity index (χ4v) is 2.03. The number of anilines is 1. The quantitative estimate of drug-likeness (QED) is 0.917. The molecule has 0 fully saturated rings. The molecule has 0 aromatic heterocycles. The van der Waals surface area contributed by atoms with Crippen LogP contribution in [0.15, 0.2) is 46.9 Å². The van der Waals surface area contributed by atoms with E-state index in [9.17, 15) is 9.18 Å². The zero-order valence-corrected chi connectivity index (χ0v) is 11.2. The van der Waals surface area contributed by atoms with Gasteiger partial charge in [0.2, 0.25) is 0 Å². The van der Waals surface area contributed by atoms with Gasteiger partial charge in [-0.15, -0.1) is 0 Å². The van der Waals surface area contributed by atoms with Crippen molar-refractivity contribution >= 4 is 27.5 Å². The van der Waals surface area contributed by atoms with E-state index in [1.807, 2.05) is 6.07 Å². The van der Waals surface area contributed by atoms with Crippen molar-refractivity contribution in [2.24, 2.45) is 0 Å². The molecule has 0 radical (unpaired) electrons. The van der Waals surface area contributed by atoms with Gasteiger partial charge in [0.1, 0.15) is 5.82 Å². The molecule has 0 aliphatic rings. The van der Waals surface area contributed by atoms with Crippen molar-refractivity contribution in [2.75, 3.05) is 5.32 Å². The van der Waals surface area contributed by atoms with E-state index in [1.54, 1.807) is 24.3 Å². The Balaban J connectivity index is 2.18. The molecule has 0 saturated heterocycles. The SMILES string of the molecule is N#Cc1ccc(NC(=O)c2ccc(F)cc2Br)cc1. The lowest BCUT2D eigenvalue weighted by atomic mass is 10.2. The second kappa shape index (κ2) is 5.63. The smallest absolute Gasteiger partial charge is 0.256 e. The highest BCUT2D eigenvalue weighted by atomic mass is 79.9. The van der Waals surface area contributed by atoms with Crippen LogP contribution in [0, 0.1) is 17.1 Å². The first-order valence-electron chi connectivity index (χ1n) is 5.37. The van der Waals surface area contributed by atoms with Crippen LogP contribution in [0.1, 0.15) is 15.9 Å². The van der Waals surface area contributed by atoms with Crippen LogP contribution in [-0.2, 0) is 0 Å². The number of hydrogen-bond acceptors (Lipinski definition) is 2. The normalized spacial score (nSPS) is 9.74. The maximum Gasteiger partial charge on any atom is 0.256 e. The number of nitriles is 1. The van der Waals surface area contributed by atoms with Crippen molar-refractivity contribution in [3.63, 3.8) is 0 Å². The van der Waals surface area contributed by atoms with Crippen molar-refractivity contribution in [1.82, 2.24) is 0 Å². The van der Waals surface area contributed by atoms with E-state index >= 15 is 0 Å². The average Bonchev–Trinajstić information content (AvgIpc) is 2.39. The average molecular weight is 319 g/mol. The van der Waals surface area contributed by atoms with Gasteiger partial charge in [0, 0.05) is 10.2 Å². The molecular weight excluding hydrogens is 311 g/mol. The Morgan fingerprint density at radius 1 is 1.21 bits per heavy atom. The van der Waals surface area contributed by atoms with Crippen LogP contribution in [0.5, 0.6) is 0 Å². The molecule has 0 aliphatic carbocycles. The van der Waals surface area contributed by atoms with Gasteiger partial charge in [-0.05, 0) is 58.4 Å². The maximum atomic E-state index is 12.9. The van der Waals surface area contributed by atoms with Gasteiger partial charge in [-0.1, -0.05) is 0 Å². The standard InChI is InChI=1S/C14H8BrFN2O/c15-13-7-10(16)3-6-12(13)14(19)18-11-4-1-9(8-17)2-5-11/h1-7H,(H,18,19). The summed E-state index contributed by atoms with van der Waals surface area (Å²) < 4.78 is 13.3. The molecule has 0 heterocycles. The summed E-state index contributed by atoms with van der Waals surface area (Å²) >= 11 is 3.14. The zero-order chi connectivity index (χ0) is 13.8. The van der Waals surface area contributed by atoms with E-state index in [1.165, 1.54) is 18.2 Å². The molecule has 0 atom stereocenters. The highest BCUT2D eigenvalue weighted by molar-refractivity contribution is 9.10. The molecule has 0 unspecified atom stereocenters. The Morgan fingerprint density at radius 3 is 2.47 bits per heavy atom. The van der Waals surface area contributed by atoms with Crippen molar-refractivity contribution in [3.05, 3.63) is 63.9 Å². The van der Waals surface area contributed by atoms with Gasteiger partial charge in [-0.2, -0.15) is 5.26 Å². The largest absolute Gasteiger partial charge is 0.322 e. The van der Waals surface area contributed by atoms with E-state index in [0.717, 1.165) is 0 Å². The Hall–Kier alpha value is -2.19. The summed E-state index contributed by atoms with van der Waals surface area (Å²) in [4.78, 5) is 12.0. The lowest BCUT2D eigenvalue weighted by Crippen LogP contribution is -2.12. The third-order valence-electron chi connectivity index (χ3n) is 2.45. The molecule has 2 rings (SSSR count). The van der Waals surface area contributed by atoms with E-state index in [0.29, 0.717) is 21.3 Å². The van der Waals surface area contributed by atoms with E-state index < -0.39 is 5.82 Å². The number of benzene rings is 2. The molecule has 1 N–H and O–H groups in total. The van der Waals surface area contributed by atoms with Gasteiger partial charge in [0.05, 0.1) is 17.2 Å². The third kappa shape index (κ3) is 3.18. The van der Waals surface area contributed by atoms with Crippen LogP contribution in [0.3, 0.4) is 0 Å². The van der Waals surface area contributed by atoms with Crippen LogP contribution >= 0.6 is 15.9 Å². The summed E-state index contributed by atoms with van der Waals surface area (Å²) in [6, 6.07) is 12.3. The molecule has 0 saturated carbocycles. The van der Waals surface area contributed by atoms with Crippen molar-refractivity contribution < 1.29 is 9.18 Å². The number of rotatable bonds is 2. The number of carbonyl (C=O) groups is 1. The zero-order valence-electron chi connectivity index (χ0n) is 9.65. The lowest BCUT2D eigenvalue weighted by Gasteiger charge is -2.07. The second-order valence-electron chi connectivity index (χ2n) is 3.77. The number of nitrogens with one attached hydrogen (secondary N) is 1. The maximum absolute atomic E-state index is 12.9. The first-order chi connectivity index (χ1) is 9.10. The highest BCUT2D eigenvalue weighted by Gasteiger charge is 2.10. The minimum Gasteiger partial charge on any atom is -0.322 e. The predicted octanol–water partition coefficient (Wildman–Crippen LogP) is 3.71. The predicted molar refractivity (Wildman–Crippen MR) is 73.2 cm³/mol. The van der Waals surface area contributed by atoms with Crippen LogP contribution in [0.2, 0.25) is 0 Å². The summed E-state index contributed by atoms with van der Waals surface area (Å²) in [5.41, 5.74) is 1.42. The van der Waals surface area contributed by atoms with Gasteiger partial charge < -0.3 is 5.32 Å². The summed E-state index contributed by atoms with van der Waals surface area (Å²) in [7, 11) is 0. The van der Waals surface area contributed by atoms with Crippen molar-refractivity contribution in [1.29, 1.82) is 5.26 Å². The van der Waals surface area contributed by atoms with Gasteiger partial charge >= 0.3 is 0 Å². The van der Waals surface area contributed by atoms with Gasteiger partial charge in [0.25, 0.3) is 5.91 Å². The van der Waals surface area contributed by atoms with Crippen LogP contribution < -0.4 is 5.32 Å². The number of amides is 1. The first-order valence-corrected chi connectivity index (χ1v) is 6.16. The highest BCUT2D eigenvalue weighted by Crippen LogP contribution is 2.19. The van der Waals surface area contributed by atoms with E-state index in [4.69, 9.17) is 5.26 Å². The fraction of sp³-hybridized carbons (Fsp3) is 0. The summed E-state index contributed by atoms with van der Waals surface area (Å²) in [6.45, 7) is 0. The molecular formula is C14H8BrFN2O. The summed E-state index contributed by atoms with van der Waals surface area (Å²) in [6.07, 6.45) is 0. The molecule has 19 heavy (non-hydrogen) atoms. The number of carbonyl (C=O) groups excluding carboxylic acids is 1. The summed E-state index contributed by atoms with van der Waals surface area (Å²) in [5, 5.41) is 11.3. The molecule has 0 aliphatic heterocycles. The minimum absolute atomic E-state index is 0.339. The first kappa shape index (κ1) is 13.2. The van der Waals surface area contributed by atoms with E-state index in [2.05, 4.69) is 21.2 Å². The molecule has 1 amide bonds. The molecule has 2 aromatic carbocycles. The molecule has 0 spiro atoms. The molecule has 5 heteroatoms. The lowest BCUT2D eigenvalue weighted by molar-refractivity contribution is 0.102. The van der Waals surface area contributed by atoms with Crippen LogP contribution in [0.25, 0.3) is 0 Å². The molecule has 2 aromatic rings. The van der Waals surface area contributed by atoms with Gasteiger partial charge in [0.15, 0.2) is 0 Å². The summed E-state index contributed by atoms with van der Waals surface area (Å²) in [5.74, 6) is -0.765. The number of halogens is 2. The Labute approximate surface area is 117 Å². The second-order valence-corrected chi connectivity index (χ2v) is 4.62. The fourth-order valence-electron chi connectivity index (χ4n) is 1.50. The Bertz CT molecular complexity index is 662. The topological polar surface area (TPSA) is 52.9 Å². The van der Waals surface area contributed by atoms with Crippen molar-refractivity contribution in [3.8, 4) is 6.07 Å². The van der Waals surface area contributed by atoms with E-state index in [-0.39, 0.29) is 5.91 Å². The van der Waals surface area contributed by atoms with Crippen molar-refractivity contribution in [2.45, 2.75) is 0 Å². The minimum atomic E-state index is -0.415.